The minimum Gasteiger partial charge on any atom is -0.309 e. The first-order valence-electron chi connectivity index (χ1n) is 6.28. The van der Waals surface area contributed by atoms with E-state index in [1.54, 1.807) is 0 Å². The lowest BCUT2D eigenvalue weighted by atomic mass is 9.90. The molecule has 0 bridgehead atoms. The van der Waals surface area contributed by atoms with Crippen LogP contribution in [0.3, 0.4) is 0 Å². The maximum absolute atomic E-state index is 3.62. The van der Waals surface area contributed by atoms with Crippen LogP contribution < -0.4 is 5.32 Å². The van der Waals surface area contributed by atoms with E-state index >= 15 is 0 Å². The van der Waals surface area contributed by atoms with Crippen LogP contribution in [0.15, 0.2) is 54.6 Å². The van der Waals surface area contributed by atoms with Gasteiger partial charge in [0, 0.05) is 6.04 Å². The maximum atomic E-state index is 3.62. The summed E-state index contributed by atoms with van der Waals surface area (Å²) in [5, 5.41) is 3.62. The number of rotatable bonds is 2. The molecule has 0 saturated carbocycles. The van der Waals surface area contributed by atoms with Gasteiger partial charge >= 0.3 is 0 Å². The summed E-state index contributed by atoms with van der Waals surface area (Å²) in [5.41, 5.74) is 4.39. The first-order valence-corrected chi connectivity index (χ1v) is 6.28. The molecule has 1 aliphatic heterocycles. The summed E-state index contributed by atoms with van der Waals surface area (Å²) in [6, 6.07) is 20.0. The molecule has 0 aromatic heterocycles. The molecule has 1 N–H and O–H groups in total. The van der Waals surface area contributed by atoms with Crippen LogP contribution in [-0.4, -0.2) is 6.54 Å². The van der Waals surface area contributed by atoms with Crippen LogP contribution in [0.4, 0.5) is 0 Å². The Kier molecular flexibility index (Phi) is 2.93. The number of nitrogens with one attached hydrogen (secondary N) is 1. The minimum absolute atomic E-state index is 0.474. The highest BCUT2D eigenvalue weighted by molar-refractivity contribution is 5.33. The fraction of sp³-hybridized carbons (Fsp3) is 0.250. The van der Waals surface area contributed by atoms with Crippen LogP contribution >= 0.6 is 0 Å². The lowest BCUT2D eigenvalue weighted by Crippen LogP contribution is -2.31. The van der Waals surface area contributed by atoms with Crippen LogP contribution in [0.25, 0.3) is 0 Å². The molecule has 0 spiro atoms. The van der Waals surface area contributed by atoms with Gasteiger partial charge in [0.15, 0.2) is 0 Å². The van der Waals surface area contributed by atoms with E-state index in [1.807, 2.05) is 0 Å². The molecule has 0 amide bonds. The second-order valence-corrected chi connectivity index (χ2v) is 4.65. The summed E-state index contributed by atoms with van der Waals surface area (Å²) in [7, 11) is 0. The molecular formula is C16H17N. The van der Waals surface area contributed by atoms with Gasteiger partial charge in [-0.1, -0.05) is 54.6 Å². The highest BCUT2D eigenvalue weighted by Crippen LogP contribution is 2.25. The van der Waals surface area contributed by atoms with E-state index in [2.05, 4.69) is 59.9 Å². The fourth-order valence-electron chi connectivity index (χ4n) is 2.62. The zero-order valence-electron chi connectivity index (χ0n) is 9.89. The van der Waals surface area contributed by atoms with E-state index in [0.717, 1.165) is 19.4 Å². The molecule has 0 unspecified atom stereocenters. The first-order chi connectivity index (χ1) is 8.43. The van der Waals surface area contributed by atoms with Gasteiger partial charge in [-0.3, -0.25) is 0 Å². The monoisotopic (exact) mass is 223 g/mol. The minimum atomic E-state index is 0.474. The topological polar surface area (TPSA) is 12.0 Å². The van der Waals surface area contributed by atoms with Crippen molar-refractivity contribution in [1.29, 1.82) is 0 Å². The molecule has 0 saturated heterocycles. The molecule has 1 heteroatoms. The van der Waals surface area contributed by atoms with Crippen molar-refractivity contribution in [2.24, 2.45) is 0 Å². The number of hydrogen-bond acceptors (Lipinski definition) is 1. The van der Waals surface area contributed by atoms with Crippen molar-refractivity contribution in [3.8, 4) is 0 Å². The van der Waals surface area contributed by atoms with E-state index in [4.69, 9.17) is 0 Å². The van der Waals surface area contributed by atoms with E-state index in [0.29, 0.717) is 6.04 Å². The molecule has 17 heavy (non-hydrogen) atoms. The number of hydrogen-bond donors (Lipinski definition) is 1. The predicted octanol–water partition coefficient (Wildman–Crippen LogP) is 3.12. The van der Waals surface area contributed by atoms with Gasteiger partial charge in [0.05, 0.1) is 0 Å². The van der Waals surface area contributed by atoms with Gasteiger partial charge in [-0.25, -0.2) is 0 Å². The molecule has 0 radical (unpaired) electrons. The smallest absolute Gasteiger partial charge is 0.0363 e. The van der Waals surface area contributed by atoms with Crippen molar-refractivity contribution < 1.29 is 0 Å². The van der Waals surface area contributed by atoms with Crippen molar-refractivity contribution in [2.45, 2.75) is 18.9 Å². The molecule has 0 fully saturated rings. The van der Waals surface area contributed by atoms with E-state index in [9.17, 15) is 0 Å². The maximum Gasteiger partial charge on any atom is 0.0363 e. The average molecular weight is 223 g/mol. The standard InChI is InChI=1S/C16H17N/c1-2-6-13(7-3-1)12-16-15-9-5-4-8-14(15)10-11-17-16/h1-9,16-17H,10-12H2/t16-/m1/s1. The van der Waals surface area contributed by atoms with Gasteiger partial charge in [0.25, 0.3) is 0 Å². The van der Waals surface area contributed by atoms with Gasteiger partial charge in [0.2, 0.25) is 0 Å². The molecule has 2 aromatic carbocycles. The average Bonchev–Trinajstić information content (AvgIpc) is 2.40. The zero-order chi connectivity index (χ0) is 11.5. The third-order valence-electron chi connectivity index (χ3n) is 3.50. The summed E-state index contributed by atoms with van der Waals surface area (Å²) in [4.78, 5) is 0. The lowest BCUT2D eigenvalue weighted by Gasteiger charge is -2.27. The van der Waals surface area contributed by atoms with Crippen LogP contribution in [0, 0.1) is 0 Å². The largest absolute Gasteiger partial charge is 0.309 e. The lowest BCUT2D eigenvalue weighted by molar-refractivity contribution is 0.502. The number of fused-ring (bicyclic) bond motifs is 1. The Hall–Kier alpha value is -1.60. The zero-order valence-corrected chi connectivity index (χ0v) is 9.89. The predicted molar refractivity (Wildman–Crippen MR) is 71.0 cm³/mol. The summed E-state index contributed by atoms with van der Waals surface area (Å²) in [5.74, 6) is 0. The Balaban J connectivity index is 1.86. The SMILES string of the molecule is c1ccc(C[C@H]2NCCc3ccccc32)cc1. The van der Waals surface area contributed by atoms with Crippen molar-refractivity contribution in [2.75, 3.05) is 6.54 Å². The normalized spacial score (nSPS) is 18.7. The third-order valence-corrected chi connectivity index (χ3v) is 3.50. The van der Waals surface area contributed by atoms with Gasteiger partial charge in [-0.15, -0.1) is 0 Å². The third kappa shape index (κ3) is 2.25. The molecule has 1 nitrogen and oxygen atoms in total. The van der Waals surface area contributed by atoms with Gasteiger partial charge in [0.1, 0.15) is 0 Å². The van der Waals surface area contributed by atoms with E-state index in [1.165, 1.54) is 16.7 Å². The molecule has 3 rings (SSSR count). The quantitative estimate of drug-likeness (QED) is 0.825. The van der Waals surface area contributed by atoms with Crippen molar-refractivity contribution in [3.05, 3.63) is 71.3 Å². The Labute approximate surface area is 102 Å². The van der Waals surface area contributed by atoms with Crippen molar-refractivity contribution in [3.63, 3.8) is 0 Å². The molecule has 1 aliphatic rings. The van der Waals surface area contributed by atoms with Crippen LogP contribution in [0.5, 0.6) is 0 Å². The van der Waals surface area contributed by atoms with Crippen LogP contribution in [0.2, 0.25) is 0 Å². The molecule has 0 aliphatic carbocycles. The Morgan fingerprint density at radius 1 is 0.941 bits per heavy atom. The highest BCUT2D eigenvalue weighted by Gasteiger charge is 2.18. The molecule has 1 atom stereocenters. The Morgan fingerprint density at radius 3 is 2.59 bits per heavy atom. The summed E-state index contributed by atoms with van der Waals surface area (Å²) in [6.45, 7) is 1.09. The molecule has 2 aromatic rings. The fourth-order valence-corrected chi connectivity index (χ4v) is 2.62. The molecule has 1 heterocycles. The van der Waals surface area contributed by atoms with Crippen molar-refractivity contribution >= 4 is 0 Å². The highest BCUT2D eigenvalue weighted by atomic mass is 14.9. The second-order valence-electron chi connectivity index (χ2n) is 4.65. The van der Waals surface area contributed by atoms with E-state index in [-0.39, 0.29) is 0 Å². The van der Waals surface area contributed by atoms with Crippen LogP contribution in [0.1, 0.15) is 22.7 Å². The van der Waals surface area contributed by atoms with Gasteiger partial charge < -0.3 is 5.32 Å². The van der Waals surface area contributed by atoms with Crippen molar-refractivity contribution in [1.82, 2.24) is 5.32 Å². The van der Waals surface area contributed by atoms with E-state index < -0.39 is 0 Å². The summed E-state index contributed by atoms with van der Waals surface area (Å²) in [6.07, 6.45) is 2.24. The number of benzene rings is 2. The molecular weight excluding hydrogens is 206 g/mol. The van der Waals surface area contributed by atoms with Gasteiger partial charge in [-0.2, -0.15) is 0 Å². The Morgan fingerprint density at radius 2 is 1.71 bits per heavy atom. The summed E-state index contributed by atoms with van der Waals surface area (Å²) >= 11 is 0. The first kappa shape index (κ1) is 10.5. The molecule has 86 valence electrons. The van der Waals surface area contributed by atoms with Crippen LogP contribution in [-0.2, 0) is 12.8 Å². The Bertz CT molecular complexity index is 490. The van der Waals surface area contributed by atoms with Gasteiger partial charge in [-0.05, 0) is 36.1 Å². The second kappa shape index (κ2) is 4.72. The summed E-state index contributed by atoms with van der Waals surface area (Å²) < 4.78 is 0.